The van der Waals surface area contributed by atoms with Crippen molar-refractivity contribution in [2.45, 2.75) is 13.1 Å². The number of carbonyl (C=O) groups excluding carboxylic acids is 1. The van der Waals surface area contributed by atoms with E-state index in [2.05, 4.69) is 5.32 Å². The van der Waals surface area contributed by atoms with Crippen LogP contribution in [0.5, 0.6) is 5.75 Å². The van der Waals surface area contributed by atoms with Crippen molar-refractivity contribution in [2.24, 2.45) is 0 Å². The Labute approximate surface area is 139 Å². The summed E-state index contributed by atoms with van der Waals surface area (Å²) in [4.78, 5) is 12.2. The number of aromatic nitrogens is 1. The molecule has 4 nitrogen and oxygen atoms in total. The first-order chi connectivity index (χ1) is 11.2. The predicted octanol–water partition coefficient (Wildman–Crippen LogP) is 3.62. The second-order valence-electron chi connectivity index (χ2n) is 5.24. The maximum absolute atomic E-state index is 12.2. The number of benzene rings is 2. The van der Waals surface area contributed by atoms with E-state index < -0.39 is 0 Å². The van der Waals surface area contributed by atoms with Crippen molar-refractivity contribution in [1.82, 2.24) is 9.88 Å². The molecule has 1 aromatic heterocycles. The molecule has 0 aliphatic heterocycles. The van der Waals surface area contributed by atoms with Crippen molar-refractivity contribution in [2.75, 3.05) is 7.11 Å². The van der Waals surface area contributed by atoms with E-state index in [1.165, 1.54) is 0 Å². The number of rotatable bonds is 5. The number of fused-ring (bicyclic) bond motifs is 1. The highest BCUT2D eigenvalue weighted by Gasteiger charge is 2.10. The van der Waals surface area contributed by atoms with Crippen LogP contribution in [0, 0.1) is 0 Å². The molecule has 0 aliphatic rings. The molecular formula is C18H17ClN2O2. The van der Waals surface area contributed by atoms with Gasteiger partial charge in [0.25, 0.3) is 0 Å². The van der Waals surface area contributed by atoms with Gasteiger partial charge in [-0.25, -0.2) is 0 Å². The average Bonchev–Trinajstić information content (AvgIpc) is 2.97. The first-order valence-electron chi connectivity index (χ1n) is 7.30. The molecule has 3 rings (SSSR count). The summed E-state index contributed by atoms with van der Waals surface area (Å²) in [5, 5.41) is 4.65. The quantitative estimate of drug-likeness (QED) is 0.777. The Hall–Kier alpha value is -2.46. The lowest BCUT2D eigenvalue weighted by atomic mass is 10.2. The van der Waals surface area contributed by atoms with Crippen LogP contribution in [0.25, 0.3) is 10.9 Å². The van der Waals surface area contributed by atoms with Crippen molar-refractivity contribution in [3.8, 4) is 5.75 Å². The summed E-state index contributed by atoms with van der Waals surface area (Å²) in [7, 11) is 1.63. The Bertz CT molecular complexity index is 825. The number of hydrogen-bond donors (Lipinski definition) is 1. The van der Waals surface area contributed by atoms with Crippen molar-refractivity contribution >= 4 is 28.4 Å². The van der Waals surface area contributed by atoms with Gasteiger partial charge in [0.2, 0.25) is 5.91 Å². The summed E-state index contributed by atoms with van der Waals surface area (Å²) in [6.07, 6.45) is 1.90. The van der Waals surface area contributed by atoms with Crippen molar-refractivity contribution in [3.63, 3.8) is 0 Å². The van der Waals surface area contributed by atoms with Crippen LogP contribution in [0.15, 0.2) is 54.7 Å². The number of carbonyl (C=O) groups is 1. The maximum atomic E-state index is 12.2. The zero-order chi connectivity index (χ0) is 16.2. The van der Waals surface area contributed by atoms with E-state index in [0.717, 1.165) is 22.2 Å². The van der Waals surface area contributed by atoms with E-state index in [0.29, 0.717) is 11.6 Å². The van der Waals surface area contributed by atoms with Gasteiger partial charge >= 0.3 is 0 Å². The highest BCUT2D eigenvalue weighted by molar-refractivity contribution is 6.30. The standard InChI is InChI=1S/C18H17ClN2O2/c1-23-16-4-2-3-14-9-10-21(18(14)16)12-17(22)20-11-13-5-7-15(19)8-6-13/h2-10H,11-12H2,1H3,(H,20,22). The number of hydrogen-bond acceptors (Lipinski definition) is 2. The summed E-state index contributed by atoms with van der Waals surface area (Å²) < 4.78 is 7.28. The third-order valence-corrected chi connectivity index (χ3v) is 3.94. The maximum Gasteiger partial charge on any atom is 0.240 e. The zero-order valence-electron chi connectivity index (χ0n) is 12.8. The van der Waals surface area contributed by atoms with Crippen molar-refractivity contribution in [1.29, 1.82) is 0 Å². The van der Waals surface area contributed by atoms with Crippen molar-refractivity contribution < 1.29 is 9.53 Å². The van der Waals surface area contributed by atoms with Crippen LogP contribution in [0.2, 0.25) is 5.02 Å². The molecule has 0 spiro atoms. The fourth-order valence-corrected chi connectivity index (χ4v) is 2.66. The molecule has 3 aromatic rings. The predicted molar refractivity (Wildman–Crippen MR) is 91.8 cm³/mol. The van der Waals surface area contributed by atoms with Crippen LogP contribution in [-0.4, -0.2) is 17.6 Å². The summed E-state index contributed by atoms with van der Waals surface area (Å²) >= 11 is 5.85. The average molecular weight is 329 g/mol. The Morgan fingerprint density at radius 2 is 1.96 bits per heavy atom. The fraction of sp³-hybridized carbons (Fsp3) is 0.167. The number of nitrogens with zero attached hydrogens (tertiary/aromatic N) is 1. The van der Waals surface area contributed by atoms with Gasteiger partial charge in [-0.05, 0) is 29.8 Å². The van der Waals surface area contributed by atoms with E-state index >= 15 is 0 Å². The SMILES string of the molecule is COc1cccc2ccn(CC(=O)NCc3ccc(Cl)cc3)c12. The molecule has 0 saturated carbocycles. The lowest BCUT2D eigenvalue weighted by Crippen LogP contribution is -2.26. The minimum absolute atomic E-state index is 0.0524. The molecule has 5 heteroatoms. The Balaban J connectivity index is 1.69. The number of amides is 1. The van der Waals surface area contributed by atoms with Gasteiger partial charge in [0.1, 0.15) is 12.3 Å². The molecule has 23 heavy (non-hydrogen) atoms. The van der Waals surface area contributed by atoms with E-state index in [1.807, 2.05) is 59.3 Å². The number of halogens is 1. The second kappa shape index (κ2) is 6.75. The molecule has 0 saturated heterocycles. The number of ether oxygens (including phenoxy) is 1. The molecular weight excluding hydrogens is 312 g/mol. The molecule has 0 bridgehead atoms. The molecule has 2 aromatic carbocycles. The van der Waals surface area contributed by atoms with Gasteiger partial charge < -0.3 is 14.6 Å². The van der Waals surface area contributed by atoms with E-state index in [1.54, 1.807) is 7.11 Å². The van der Waals surface area contributed by atoms with Gasteiger partial charge in [-0.2, -0.15) is 0 Å². The Morgan fingerprint density at radius 3 is 2.70 bits per heavy atom. The molecule has 0 fully saturated rings. The number of methoxy groups -OCH3 is 1. The molecule has 0 aliphatic carbocycles. The molecule has 0 unspecified atom stereocenters. The van der Waals surface area contributed by atoms with E-state index in [4.69, 9.17) is 16.3 Å². The number of nitrogens with one attached hydrogen (secondary N) is 1. The van der Waals surface area contributed by atoms with Crippen LogP contribution < -0.4 is 10.1 Å². The van der Waals surface area contributed by atoms with Crippen LogP contribution in [0.1, 0.15) is 5.56 Å². The van der Waals surface area contributed by atoms with Gasteiger partial charge in [-0.1, -0.05) is 35.9 Å². The Kier molecular flexibility index (Phi) is 4.53. The molecule has 1 N–H and O–H groups in total. The Morgan fingerprint density at radius 1 is 1.17 bits per heavy atom. The van der Waals surface area contributed by atoms with Crippen LogP contribution in [-0.2, 0) is 17.9 Å². The third kappa shape index (κ3) is 3.48. The minimum Gasteiger partial charge on any atom is -0.495 e. The van der Waals surface area contributed by atoms with Gasteiger partial charge in [-0.3, -0.25) is 4.79 Å². The topological polar surface area (TPSA) is 43.3 Å². The smallest absolute Gasteiger partial charge is 0.240 e. The first kappa shape index (κ1) is 15.4. The summed E-state index contributed by atoms with van der Waals surface area (Å²) in [6.45, 7) is 0.726. The zero-order valence-corrected chi connectivity index (χ0v) is 13.5. The highest BCUT2D eigenvalue weighted by atomic mass is 35.5. The number of para-hydroxylation sites is 1. The van der Waals surface area contributed by atoms with Gasteiger partial charge in [0.05, 0.1) is 12.6 Å². The van der Waals surface area contributed by atoms with Gasteiger partial charge in [0.15, 0.2) is 0 Å². The fourth-order valence-electron chi connectivity index (χ4n) is 2.54. The summed E-state index contributed by atoms with van der Waals surface area (Å²) in [5.41, 5.74) is 1.94. The molecule has 118 valence electrons. The summed E-state index contributed by atoms with van der Waals surface area (Å²) in [5.74, 6) is 0.710. The van der Waals surface area contributed by atoms with E-state index in [9.17, 15) is 4.79 Å². The third-order valence-electron chi connectivity index (χ3n) is 3.69. The lowest BCUT2D eigenvalue weighted by Gasteiger charge is -2.10. The molecule has 1 amide bonds. The van der Waals surface area contributed by atoms with Crippen LogP contribution in [0.4, 0.5) is 0 Å². The van der Waals surface area contributed by atoms with Crippen LogP contribution in [0.3, 0.4) is 0 Å². The molecule has 1 heterocycles. The van der Waals surface area contributed by atoms with Crippen molar-refractivity contribution in [3.05, 3.63) is 65.3 Å². The van der Waals surface area contributed by atoms with Gasteiger partial charge in [-0.15, -0.1) is 0 Å². The molecule has 0 atom stereocenters. The first-order valence-corrected chi connectivity index (χ1v) is 7.68. The highest BCUT2D eigenvalue weighted by Crippen LogP contribution is 2.26. The van der Waals surface area contributed by atoms with E-state index in [-0.39, 0.29) is 12.5 Å². The summed E-state index contributed by atoms with van der Waals surface area (Å²) in [6, 6.07) is 15.2. The molecule has 0 radical (unpaired) electrons. The monoisotopic (exact) mass is 328 g/mol. The second-order valence-corrected chi connectivity index (χ2v) is 5.68. The minimum atomic E-state index is -0.0524. The normalized spacial score (nSPS) is 10.7. The lowest BCUT2D eigenvalue weighted by molar-refractivity contribution is -0.121. The van der Waals surface area contributed by atoms with Gasteiger partial charge in [0, 0.05) is 23.2 Å². The van der Waals surface area contributed by atoms with Crippen LogP contribution >= 0.6 is 11.6 Å². The largest absolute Gasteiger partial charge is 0.495 e.